The minimum Gasteiger partial charge on any atom is -0.376 e. The van der Waals surface area contributed by atoms with Crippen molar-refractivity contribution < 1.29 is 22.8 Å². The first-order chi connectivity index (χ1) is 12.2. The van der Waals surface area contributed by atoms with Gasteiger partial charge in [-0.15, -0.1) is 0 Å². The third-order valence-corrected chi connectivity index (χ3v) is 3.75. The first-order valence-electron chi connectivity index (χ1n) is 7.95. The van der Waals surface area contributed by atoms with Crippen molar-refractivity contribution in [2.45, 2.75) is 19.0 Å². The standard InChI is InChI=1S/C19H19F3N2O2/c1-24(2)16-9-8-14(19(20,21)22)12-15(16)23-18(26)11-10-17(25)13-6-4-3-5-7-13/h3-9,12H,10-11H2,1-2H3,(H,23,26). The topological polar surface area (TPSA) is 49.4 Å². The summed E-state index contributed by atoms with van der Waals surface area (Å²) in [5.74, 6) is -0.714. The number of Topliss-reactive ketones (excluding diaryl/α,β-unsaturated/α-hetero) is 1. The lowest BCUT2D eigenvalue weighted by Crippen LogP contribution is -2.18. The summed E-state index contributed by atoms with van der Waals surface area (Å²) >= 11 is 0. The number of carbonyl (C=O) groups is 2. The van der Waals surface area contributed by atoms with Crippen LogP contribution in [-0.4, -0.2) is 25.8 Å². The molecule has 1 N–H and O–H groups in total. The zero-order chi connectivity index (χ0) is 19.3. The van der Waals surface area contributed by atoms with Crippen molar-refractivity contribution in [3.8, 4) is 0 Å². The van der Waals surface area contributed by atoms with Gasteiger partial charge in [-0.1, -0.05) is 30.3 Å². The van der Waals surface area contributed by atoms with Gasteiger partial charge >= 0.3 is 6.18 Å². The fourth-order valence-corrected chi connectivity index (χ4v) is 2.41. The van der Waals surface area contributed by atoms with Gasteiger partial charge < -0.3 is 10.2 Å². The maximum atomic E-state index is 12.9. The first kappa shape index (κ1) is 19.5. The molecule has 0 radical (unpaired) electrons. The van der Waals surface area contributed by atoms with E-state index in [1.807, 2.05) is 0 Å². The van der Waals surface area contributed by atoms with E-state index >= 15 is 0 Å². The molecule has 2 aromatic carbocycles. The van der Waals surface area contributed by atoms with Crippen LogP contribution < -0.4 is 10.2 Å². The van der Waals surface area contributed by atoms with Gasteiger partial charge in [0.25, 0.3) is 0 Å². The lowest BCUT2D eigenvalue weighted by Gasteiger charge is -2.19. The van der Waals surface area contributed by atoms with Crippen molar-refractivity contribution in [2.75, 3.05) is 24.3 Å². The number of carbonyl (C=O) groups excluding carboxylic acids is 2. The number of benzene rings is 2. The summed E-state index contributed by atoms with van der Waals surface area (Å²) in [5, 5.41) is 2.48. The van der Waals surface area contributed by atoms with Gasteiger partial charge in [-0.25, -0.2) is 0 Å². The molecule has 7 heteroatoms. The van der Waals surface area contributed by atoms with Gasteiger partial charge in [0.2, 0.25) is 5.91 Å². The van der Waals surface area contributed by atoms with Crippen molar-refractivity contribution in [1.29, 1.82) is 0 Å². The number of halogens is 3. The Bertz CT molecular complexity index is 787. The second-order valence-electron chi connectivity index (χ2n) is 5.96. The van der Waals surface area contributed by atoms with Crippen LogP contribution in [0.15, 0.2) is 48.5 Å². The summed E-state index contributed by atoms with van der Waals surface area (Å²) in [5.41, 5.74) is 0.148. The smallest absolute Gasteiger partial charge is 0.376 e. The lowest BCUT2D eigenvalue weighted by atomic mass is 10.1. The van der Waals surface area contributed by atoms with E-state index in [9.17, 15) is 22.8 Å². The van der Waals surface area contributed by atoms with Crippen LogP contribution in [0.2, 0.25) is 0 Å². The van der Waals surface area contributed by atoms with Gasteiger partial charge in [-0.2, -0.15) is 13.2 Å². The van der Waals surface area contributed by atoms with Crippen molar-refractivity contribution in [3.63, 3.8) is 0 Å². The molecule has 0 saturated heterocycles. The molecule has 2 aromatic rings. The summed E-state index contributed by atoms with van der Waals surface area (Å²) in [4.78, 5) is 25.7. The Morgan fingerprint density at radius 2 is 1.65 bits per heavy atom. The average molecular weight is 364 g/mol. The van der Waals surface area contributed by atoms with Crippen molar-refractivity contribution in [2.24, 2.45) is 0 Å². The van der Waals surface area contributed by atoms with Gasteiger partial charge in [-0.3, -0.25) is 9.59 Å². The van der Waals surface area contributed by atoms with Crippen LogP contribution in [-0.2, 0) is 11.0 Å². The minimum absolute atomic E-state index is 0.0217. The Morgan fingerprint density at radius 3 is 2.23 bits per heavy atom. The lowest BCUT2D eigenvalue weighted by molar-refractivity contribution is -0.137. The van der Waals surface area contributed by atoms with E-state index in [2.05, 4.69) is 5.32 Å². The minimum atomic E-state index is -4.51. The van der Waals surface area contributed by atoms with E-state index in [0.29, 0.717) is 11.3 Å². The molecule has 0 aliphatic carbocycles. The van der Waals surface area contributed by atoms with E-state index in [0.717, 1.165) is 12.1 Å². The summed E-state index contributed by atoms with van der Waals surface area (Å²) in [6.45, 7) is 0. The third kappa shape index (κ3) is 5.08. The number of ketones is 1. The molecular weight excluding hydrogens is 345 g/mol. The van der Waals surface area contributed by atoms with E-state index < -0.39 is 17.6 Å². The van der Waals surface area contributed by atoms with Gasteiger partial charge in [-0.05, 0) is 18.2 Å². The molecule has 0 aliphatic rings. The van der Waals surface area contributed by atoms with Crippen LogP contribution in [0.1, 0.15) is 28.8 Å². The van der Waals surface area contributed by atoms with Gasteiger partial charge in [0.15, 0.2) is 5.78 Å². The maximum Gasteiger partial charge on any atom is 0.416 e. The van der Waals surface area contributed by atoms with E-state index in [-0.39, 0.29) is 24.3 Å². The molecule has 0 aliphatic heterocycles. The molecule has 2 rings (SSSR count). The van der Waals surface area contributed by atoms with Gasteiger partial charge in [0.1, 0.15) is 0 Å². The molecule has 138 valence electrons. The number of amides is 1. The number of hydrogen-bond donors (Lipinski definition) is 1. The highest BCUT2D eigenvalue weighted by atomic mass is 19.4. The van der Waals surface area contributed by atoms with Crippen LogP contribution >= 0.6 is 0 Å². The summed E-state index contributed by atoms with van der Waals surface area (Å²) in [7, 11) is 3.33. The summed E-state index contributed by atoms with van der Waals surface area (Å²) in [6.07, 6.45) is -4.64. The molecule has 0 heterocycles. The molecule has 0 unspecified atom stereocenters. The first-order valence-corrected chi connectivity index (χ1v) is 7.95. The molecule has 0 fully saturated rings. The van der Waals surface area contributed by atoms with Crippen LogP contribution in [0, 0.1) is 0 Å². The van der Waals surface area contributed by atoms with Crippen LogP contribution in [0.3, 0.4) is 0 Å². The fourth-order valence-electron chi connectivity index (χ4n) is 2.41. The Hall–Kier alpha value is -2.83. The molecular formula is C19H19F3N2O2. The van der Waals surface area contributed by atoms with Gasteiger partial charge in [0, 0.05) is 32.5 Å². The van der Waals surface area contributed by atoms with Crippen molar-refractivity contribution >= 4 is 23.1 Å². The fraction of sp³-hybridized carbons (Fsp3) is 0.263. The molecule has 0 bridgehead atoms. The van der Waals surface area contributed by atoms with Crippen molar-refractivity contribution in [1.82, 2.24) is 0 Å². The molecule has 0 spiro atoms. The normalized spacial score (nSPS) is 11.1. The number of hydrogen-bond acceptors (Lipinski definition) is 3. The zero-order valence-corrected chi connectivity index (χ0v) is 14.4. The van der Waals surface area contributed by atoms with E-state index in [4.69, 9.17) is 0 Å². The van der Waals surface area contributed by atoms with Crippen LogP contribution in [0.25, 0.3) is 0 Å². The highest BCUT2D eigenvalue weighted by Crippen LogP contribution is 2.35. The molecule has 0 saturated carbocycles. The summed E-state index contributed by atoms with van der Waals surface area (Å²) < 4.78 is 38.7. The maximum absolute atomic E-state index is 12.9. The quantitative estimate of drug-likeness (QED) is 0.774. The van der Waals surface area contributed by atoms with Crippen LogP contribution in [0.4, 0.5) is 24.5 Å². The predicted molar refractivity (Wildman–Crippen MR) is 94.4 cm³/mol. The Balaban J connectivity index is 2.09. The molecule has 1 amide bonds. The number of nitrogens with zero attached hydrogens (tertiary/aromatic N) is 1. The molecule has 0 aromatic heterocycles. The number of nitrogens with one attached hydrogen (secondary N) is 1. The number of alkyl halides is 3. The Labute approximate surface area is 149 Å². The largest absolute Gasteiger partial charge is 0.416 e. The highest BCUT2D eigenvalue weighted by Gasteiger charge is 2.31. The molecule has 0 atom stereocenters. The zero-order valence-electron chi connectivity index (χ0n) is 14.4. The Kier molecular flexibility index (Phi) is 6.02. The number of anilines is 2. The van der Waals surface area contributed by atoms with Crippen LogP contribution in [0.5, 0.6) is 0 Å². The van der Waals surface area contributed by atoms with Crippen molar-refractivity contribution in [3.05, 3.63) is 59.7 Å². The molecule has 4 nitrogen and oxygen atoms in total. The molecule has 26 heavy (non-hydrogen) atoms. The highest BCUT2D eigenvalue weighted by molar-refractivity contribution is 6.00. The van der Waals surface area contributed by atoms with Gasteiger partial charge in [0.05, 0.1) is 16.9 Å². The monoisotopic (exact) mass is 364 g/mol. The summed E-state index contributed by atoms with van der Waals surface area (Å²) in [6, 6.07) is 11.7. The average Bonchev–Trinajstić information content (AvgIpc) is 2.59. The second-order valence-corrected chi connectivity index (χ2v) is 5.96. The van der Waals surface area contributed by atoms with E-state index in [1.165, 1.54) is 6.07 Å². The van der Waals surface area contributed by atoms with E-state index in [1.54, 1.807) is 49.3 Å². The second kappa shape index (κ2) is 8.03. The predicted octanol–water partition coefficient (Wildman–Crippen LogP) is 4.37. The number of rotatable bonds is 6. The SMILES string of the molecule is CN(C)c1ccc(C(F)(F)F)cc1NC(=O)CCC(=O)c1ccccc1. The third-order valence-electron chi connectivity index (χ3n) is 3.75. The Morgan fingerprint density at radius 1 is 1.00 bits per heavy atom.